The summed E-state index contributed by atoms with van der Waals surface area (Å²) >= 11 is 0. The minimum Gasteiger partial charge on any atom is -0.469 e. The van der Waals surface area contributed by atoms with E-state index in [1.165, 1.54) is 13.3 Å². The number of carbonyl (C=O) groups excluding carboxylic acids is 2. The van der Waals surface area contributed by atoms with E-state index in [9.17, 15) is 9.59 Å². The van der Waals surface area contributed by atoms with E-state index in [2.05, 4.69) is 21.9 Å². The lowest BCUT2D eigenvalue weighted by molar-refractivity contribution is -0.140. The maximum atomic E-state index is 10.7. The zero-order valence-corrected chi connectivity index (χ0v) is 6.92. The van der Waals surface area contributed by atoms with Crippen LogP contribution in [0.3, 0.4) is 0 Å². The van der Waals surface area contributed by atoms with Crippen LogP contribution in [0.5, 0.6) is 0 Å². The molecule has 5 heteroatoms. The number of nitrogens with one attached hydrogen (secondary N) is 2. The third kappa shape index (κ3) is 5.28. The molecule has 2 amide bonds. The molecule has 0 aromatic rings. The second kappa shape index (κ2) is 6.21. The highest BCUT2D eigenvalue weighted by Gasteiger charge is 2.00. The van der Waals surface area contributed by atoms with E-state index < -0.39 is 0 Å². The van der Waals surface area contributed by atoms with Crippen LogP contribution in [-0.4, -0.2) is 25.7 Å². The molecule has 0 saturated carbocycles. The average molecular weight is 172 g/mol. The first-order chi connectivity index (χ1) is 5.70. The molecular weight excluding hydrogens is 160 g/mol. The molecule has 0 bridgehead atoms. The number of hydrogen-bond donors (Lipinski definition) is 2. The van der Waals surface area contributed by atoms with Crippen LogP contribution in [0, 0.1) is 0 Å². The Morgan fingerprint density at radius 3 is 2.75 bits per heavy atom. The summed E-state index contributed by atoms with van der Waals surface area (Å²) in [5.74, 6) is -0.353. The third-order valence-electron chi connectivity index (χ3n) is 1.08. The number of esters is 1. The van der Waals surface area contributed by atoms with Crippen LogP contribution < -0.4 is 10.6 Å². The van der Waals surface area contributed by atoms with Crippen molar-refractivity contribution < 1.29 is 14.3 Å². The molecule has 12 heavy (non-hydrogen) atoms. The van der Waals surface area contributed by atoms with Crippen molar-refractivity contribution in [3.63, 3.8) is 0 Å². The van der Waals surface area contributed by atoms with Crippen LogP contribution in [0.1, 0.15) is 6.42 Å². The average Bonchev–Trinajstić information content (AvgIpc) is 2.04. The molecule has 68 valence electrons. The maximum Gasteiger partial charge on any atom is 0.318 e. The monoisotopic (exact) mass is 172 g/mol. The summed E-state index contributed by atoms with van der Waals surface area (Å²) in [7, 11) is 1.30. The van der Waals surface area contributed by atoms with E-state index in [1.54, 1.807) is 0 Å². The van der Waals surface area contributed by atoms with Gasteiger partial charge in [-0.3, -0.25) is 4.79 Å². The fraction of sp³-hybridized carbons (Fsp3) is 0.429. The second-order valence-electron chi connectivity index (χ2n) is 1.93. The van der Waals surface area contributed by atoms with Gasteiger partial charge in [0.15, 0.2) is 0 Å². The van der Waals surface area contributed by atoms with E-state index >= 15 is 0 Å². The fourth-order valence-electron chi connectivity index (χ4n) is 0.524. The molecule has 0 rings (SSSR count). The van der Waals surface area contributed by atoms with Gasteiger partial charge in [-0.15, -0.1) is 0 Å². The standard InChI is InChI=1S/C7H12N2O3/c1-3-8-7(11)9-5-4-6(10)12-2/h3H,1,4-5H2,2H3,(H2,8,9,11). The molecule has 0 saturated heterocycles. The Hall–Kier alpha value is -1.52. The number of amides is 2. The summed E-state index contributed by atoms with van der Waals surface area (Å²) in [5, 5.41) is 4.73. The highest BCUT2D eigenvalue weighted by molar-refractivity contribution is 5.76. The molecule has 0 heterocycles. The Bertz CT molecular complexity index is 179. The van der Waals surface area contributed by atoms with Crippen LogP contribution >= 0.6 is 0 Å². The molecule has 0 aliphatic rings. The van der Waals surface area contributed by atoms with Gasteiger partial charge in [0.1, 0.15) is 0 Å². The van der Waals surface area contributed by atoms with Gasteiger partial charge in [0.25, 0.3) is 0 Å². The lowest BCUT2D eigenvalue weighted by Crippen LogP contribution is -2.33. The normalized spacial score (nSPS) is 8.42. The van der Waals surface area contributed by atoms with Crippen molar-refractivity contribution in [1.29, 1.82) is 0 Å². The smallest absolute Gasteiger partial charge is 0.318 e. The van der Waals surface area contributed by atoms with Gasteiger partial charge in [-0.05, 0) is 6.20 Å². The molecule has 0 spiro atoms. The molecule has 0 aromatic carbocycles. The van der Waals surface area contributed by atoms with Gasteiger partial charge in [-0.1, -0.05) is 6.58 Å². The number of urea groups is 1. The zero-order chi connectivity index (χ0) is 9.40. The number of rotatable bonds is 4. The Kier molecular flexibility index (Phi) is 5.42. The van der Waals surface area contributed by atoms with Crippen LogP contribution in [-0.2, 0) is 9.53 Å². The summed E-state index contributed by atoms with van der Waals surface area (Å²) in [6.07, 6.45) is 1.43. The minimum atomic E-state index is -0.381. The lowest BCUT2D eigenvalue weighted by atomic mass is 10.4. The topological polar surface area (TPSA) is 67.4 Å². The van der Waals surface area contributed by atoms with Crippen molar-refractivity contribution in [2.45, 2.75) is 6.42 Å². The van der Waals surface area contributed by atoms with E-state index in [4.69, 9.17) is 0 Å². The fourth-order valence-corrected chi connectivity index (χ4v) is 0.524. The van der Waals surface area contributed by atoms with Gasteiger partial charge in [0, 0.05) is 6.54 Å². The molecule has 0 aliphatic heterocycles. The summed E-state index contributed by atoms with van der Waals surface area (Å²) in [5.41, 5.74) is 0. The molecule has 2 N–H and O–H groups in total. The Labute approximate surface area is 70.8 Å². The summed E-state index contributed by atoms with van der Waals surface area (Å²) in [6, 6.07) is -0.381. The summed E-state index contributed by atoms with van der Waals surface area (Å²) in [6.45, 7) is 3.55. The van der Waals surface area contributed by atoms with Gasteiger partial charge >= 0.3 is 12.0 Å². The SMILES string of the molecule is C=CNC(=O)NCCC(=O)OC. The van der Waals surface area contributed by atoms with Gasteiger partial charge in [0.2, 0.25) is 0 Å². The summed E-state index contributed by atoms with van der Waals surface area (Å²) < 4.78 is 4.36. The van der Waals surface area contributed by atoms with Gasteiger partial charge < -0.3 is 15.4 Å². The Morgan fingerprint density at radius 2 is 2.25 bits per heavy atom. The zero-order valence-electron chi connectivity index (χ0n) is 6.92. The van der Waals surface area contributed by atoms with Gasteiger partial charge in [-0.25, -0.2) is 4.79 Å². The van der Waals surface area contributed by atoms with E-state index in [-0.39, 0.29) is 25.0 Å². The van der Waals surface area contributed by atoms with Crippen LogP contribution in [0.2, 0.25) is 0 Å². The van der Waals surface area contributed by atoms with Gasteiger partial charge in [-0.2, -0.15) is 0 Å². The molecule has 0 fully saturated rings. The van der Waals surface area contributed by atoms with Crippen molar-refractivity contribution in [2.75, 3.05) is 13.7 Å². The number of carbonyl (C=O) groups is 2. The molecule has 0 radical (unpaired) electrons. The first-order valence-electron chi connectivity index (χ1n) is 3.42. The second-order valence-corrected chi connectivity index (χ2v) is 1.93. The quantitative estimate of drug-likeness (QED) is 0.586. The minimum absolute atomic E-state index is 0.168. The molecule has 0 aromatic heterocycles. The first kappa shape index (κ1) is 10.5. The Balaban J connectivity index is 3.36. The lowest BCUT2D eigenvalue weighted by Gasteiger charge is -2.02. The predicted molar refractivity (Wildman–Crippen MR) is 43.4 cm³/mol. The molecular formula is C7H12N2O3. The van der Waals surface area contributed by atoms with Crippen molar-refractivity contribution in [3.8, 4) is 0 Å². The van der Waals surface area contributed by atoms with Crippen molar-refractivity contribution in [3.05, 3.63) is 12.8 Å². The van der Waals surface area contributed by atoms with Gasteiger partial charge in [0.05, 0.1) is 13.5 Å². The number of ether oxygens (including phenoxy) is 1. The Morgan fingerprint density at radius 1 is 1.58 bits per heavy atom. The number of methoxy groups -OCH3 is 1. The summed E-state index contributed by atoms with van der Waals surface area (Å²) in [4.78, 5) is 21.2. The molecule has 0 atom stereocenters. The van der Waals surface area contributed by atoms with E-state index in [0.717, 1.165) is 0 Å². The van der Waals surface area contributed by atoms with Crippen LogP contribution in [0.15, 0.2) is 12.8 Å². The predicted octanol–water partition coefficient (Wildman–Crippen LogP) is -0.00780. The van der Waals surface area contributed by atoms with Crippen LogP contribution in [0.4, 0.5) is 4.79 Å². The maximum absolute atomic E-state index is 10.7. The first-order valence-corrected chi connectivity index (χ1v) is 3.42. The van der Waals surface area contributed by atoms with Crippen molar-refractivity contribution >= 4 is 12.0 Å². The number of hydrogen-bond acceptors (Lipinski definition) is 3. The van der Waals surface area contributed by atoms with Crippen LogP contribution in [0.25, 0.3) is 0 Å². The van der Waals surface area contributed by atoms with Crippen molar-refractivity contribution in [1.82, 2.24) is 10.6 Å². The highest BCUT2D eigenvalue weighted by atomic mass is 16.5. The highest BCUT2D eigenvalue weighted by Crippen LogP contribution is 1.80. The van der Waals surface area contributed by atoms with E-state index in [0.29, 0.717) is 0 Å². The van der Waals surface area contributed by atoms with E-state index in [1.807, 2.05) is 0 Å². The molecule has 0 unspecified atom stereocenters. The molecule has 0 aliphatic carbocycles. The largest absolute Gasteiger partial charge is 0.469 e. The van der Waals surface area contributed by atoms with Crippen molar-refractivity contribution in [2.24, 2.45) is 0 Å². The molecule has 5 nitrogen and oxygen atoms in total. The third-order valence-corrected chi connectivity index (χ3v) is 1.08.